The zero-order valence-corrected chi connectivity index (χ0v) is 47.6. The Morgan fingerprint density at radius 1 is 0.506 bits per heavy atom. The number of thiophene rings is 1. The second-order valence-corrected chi connectivity index (χ2v) is 29.9. The molecule has 81 heavy (non-hydrogen) atoms. The average Bonchev–Trinajstić information content (AvgIpc) is 2.22. The number of hydrogen-bond donors (Lipinski definition) is 0. The largest absolute Gasteiger partial charge is 0.454 e. The third kappa shape index (κ3) is 6.07. The van der Waals surface area contributed by atoms with Gasteiger partial charge in [0.25, 0.3) is 0 Å². The lowest BCUT2D eigenvalue weighted by molar-refractivity contribution is -0.00527. The van der Waals surface area contributed by atoms with Crippen LogP contribution in [0.4, 0.5) is 17.1 Å². The monoisotopic (exact) mass is 1060 g/mol. The van der Waals surface area contributed by atoms with Gasteiger partial charge < -0.3 is 13.8 Å². The van der Waals surface area contributed by atoms with Crippen molar-refractivity contribution in [3.63, 3.8) is 0 Å². The molecule has 8 fully saturated rings. The Bertz CT molecular complexity index is 4720. The Hall–Kier alpha value is -7.08. The number of nitrogens with zero attached hydrogens (tertiary/aromatic N) is 2. The molecule has 394 valence electrons. The van der Waals surface area contributed by atoms with Crippen LogP contribution in [0.2, 0.25) is 0 Å². The smallest absolute Gasteiger partial charge is 0.333 e. The average molecular weight is 1070 g/mol. The van der Waals surface area contributed by atoms with Gasteiger partial charge in [0.2, 0.25) is 0 Å². The summed E-state index contributed by atoms with van der Waals surface area (Å²) in [5.41, 5.74) is 21.4. The molecule has 0 N–H and O–H groups in total. The topological polar surface area (TPSA) is 21.3 Å². The van der Waals surface area contributed by atoms with Crippen LogP contribution in [0.15, 0.2) is 162 Å². The summed E-state index contributed by atoms with van der Waals surface area (Å²) in [4.78, 5) is 2.75. The molecule has 10 aliphatic rings. The Kier molecular flexibility index (Phi) is 8.72. The molecular weight excluding hydrogens is 1000 g/mol. The van der Waals surface area contributed by atoms with Gasteiger partial charge in [0, 0.05) is 63.9 Å². The van der Waals surface area contributed by atoms with E-state index in [1.165, 1.54) is 196 Å². The Morgan fingerprint density at radius 3 is 1.88 bits per heavy atom. The van der Waals surface area contributed by atoms with Crippen LogP contribution < -0.4 is 15.8 Å². The van der Waals surface area contributed by atoms with Crippen LogP contribution in [0, 0.1) is 35.5 Å². The number of furan rings is 1. The number of benzene rings is 9. The minimum Gasteiger partial charge on any atom is -0.454 e. The van der Waals surface area contributed by atoms with Crippen molar-refractivity contribution < 1.29 is 4.42 Å². The predicted molar refractivity (Wildman–Crippen MR) is 341 cm³/mol. The standard InChI is InChI=1S/C76H65BN2OS/c1-74(2,3)51-17-20-63(55(31-51)48-11-5-4-6-12-48)78-71-62(19-22-66-68(71)61-29-49-13-7-8-14-50(49)30-67(61)81-66)77-69-57(35-60-54-15-9-10-16-65(54)80-73(60)72(69)78)59-34-53(76-39-45-26-46(40-76)28-47(27-45)41-76)33-58-56-32-52(18-21-64(56)79(77)70(58)59)75-36-42-23-43(37-75)25-44(24-42)38-75/h4-22,29-35,42-47H,23-28,36-41H2,1-3H3. The van der Waals surface area contributed by atoms with E-state index in [0.717, 1.165) is 46.7 Å². The van der Waals surface area contributed by atoms with Crippen LogP contribution in [-0.2, 0) is 16.2 Å². The summed E-state index contributed by atoms with van der Waals surface area (Å²) in [6.45, 7) is 6.96. The van der Waals surface area contributed by atoms with E-state index >= 15 is 0 Å². The first-order chi connectivity index (χ1) is 39.6. The fourth-order valence-electron chi connectivity index (χ4n) is 20.6. The van der Waals surface area contributed by atoms with Gasteiger partial charge in [-0.1, -0.05) is 112 Å². The molecule has 12 aromatic rings. The summed E-state index contributed by atoms with van der Waals surface area (Å²) in [6.07, 6.45) is 16.9. The number of anilines is 3. The van der Waals surface area contributed by atoms with E-state index in [2.05, 4.69) is 188 Å². The van der Waals surface area contributed by atoms with Crippen LogP contribution in [-0.4, -0.2) is 11.3 Å². The van der Waals surface area contributed by atoms with E-state index in [1.807, 2.05) is 11.3 Å². The van der Waals surface area contributed by atoms with E-state index in [1.54, 1.807) is 11.1 Å². The quantitative estimate of drug-likeness (QED) is 0.164. The maximum absolute atomic E-state index is 7.55. The van der Waals surface area contributed by atoms with E-state index in [9.17, 15) is 0 Å². The van der Waals surface area contributed by atoms with Crippen molar-refractivity contribution in [3.8, 4) is 22.3 Å². The lowest BCUT2D eigenvalue weighted by Crippen LogP contribution is -2.56. The second kappa shape index (κ2) is 15.5. The molecule has 8 aliphatic carbocycles. The molecule has 2 aliphatic heterocycles. The van der Waals surface area contributed by atoms with Crippen molar-refractivity contribution in [2.45, 2.75) is 114 Å². The van der Waals surface area contributed by atoms with Crippen LogP contribution in [0.25, 0.3) is 96.9 Å². The van der Waals surface area contributed by atoms with Gasteiger partial charge in [0.15, 0.2) is 5.58 Å². The number of hydrogen-bond acceptors (Lipinski definition) is 3. The van der Waals surface area contributed by atoms with Gasteiger partial charge in [-0.2, -0.15) is 0 Å². The third-order valence-corrected chi connectivity index (χ3v) is 24.3. The zero-order valence-electron chi connectivity index (χ0n) is 46.7. The number of aromatic nitrogens is 1. The highest BCUT2D eigenvalue weighted by Gasteiger charge is 2.54. The van der Waals surface area contributed by atoms with E-state index in [0.29, 0.717) is 5.41 Å². The molecule has 0 saturated heterocycles. The molecular formula is C76H65BN2OS. The second-order valence-electron chi connectivity index (χ2n) is 28.8. The van der Waals surface area contributed by atoms with Gasteiger partial charge in [-0.15, -0.1) is 11.3 Å². The van der Waals surface area contributed by atoms with Gasteiger partial charge >= 0.3 is 6.85 Å². The van der Waals surface area contributed by atoms with Crippen molar-refractivity contribution in [2.75, 3.05) is 4.90 Å². The van der Waals surface area contributed by atoms with Crippen molar-refractivity contribution in [1.82, 2.24) is 4.48 Å². The van der Waals surface area contributed by atoms with E-state index in [4.69, 9.17) is 4.42 Å². The first-order valence-electron chi connectivity index (χ1n) is 31.1. The van der Waals surface area contributed by atoms with Crippen LogP contribution in [0.1, 0.15) is 115 Å². The number of para-hydroxylation sites is 1. The SMILES string of the molecule is CC(C)(C)c1ccc(N2c3c4c(cc5c3oc3ccccc35)-c3cc(C56CC7CC(CC(C7)C5)C6)cc5c6cc(C78CC9CC(CC(C9)C7)C8)ccc6n(c35)B4c3ccc4sc5cc6ccccc6cc5c4c32)c(-c2ccccc2)c1. The summed E-state index contributed by atoms with van der Waals surface area (Å²) in [5, 5.41) is 10.6. The molecule has 8 saturated carbocycles. The summed E-state index contributed by atoms with van der Waals surface area (Å²) in [5.74, 6) is 5.25. The molecule has 5 heteroatoms. The predicted octanol–water partition coefficient (Wildman–Crippen LogP) is 19.5. The van der Waals surface area contributed by atoms with Crippen molar-refractivity contribution in [2.24, 2.45) is 35.5 Å². The fourth-order valence-corrected chi connectivity index (χ4v) is 21.8. The first-order valence-corrected chi connectivity index (χ1v) is 31.9. The molecule has 8 bridgehead atoms. The van der Waals surface area contributed by atoms with Gasteiger partial charge in [0.05, 0.1) is 17.1 Å². The van der Waals surface area contributed by atoms with Gasteiger partial charge in [0.1, 0.15) is 5.58 Å². The van der Waals surface area contributed by atoms with E-state index in [-0.39, 0.29) is 17.7 Å². The number of rotatable bonds is 4. The molecule has 22 rings (SSSR count). The molecule has 5 heterocycles. The normalized spacial score (nSPS) is 26.7. The number of fused-ring (bicyclic) bond motifs is 16. The molecule has 0 amide bonds. The molecule has 3 nitrogen and oxygen atoms in total. The van der Waals surface area contributed by atoms with Crippen LogP contribution in [0.3, 0.4) is 0 Å². The zero-order chi connectivity index (χ0) is 53.0. The summed E-state index contributed by atoms with van der Waals surface area (Å²) in [7, 11) is 0. The highest BCUT2D eigenvalue weighted by Crippen LogP contribution is 2.64. The van der Waals surface area contributed by atoms with Crippen molar-refractivity contribution in [1.29, 1.82) is 0 Å². The Balaban J connectivity index is 0.960. The minimum absolute atomic E-state index is 0.0583. The van der Waals surface area contributed by atoms with Crippen molar-refractivity contribution >= 4 is 121 Å². The summed E-state index contributed by atoms with van der Waals surface area (Å²) < 4.78 is 13.1. The molecule has 0 radical (unpaired) electrons. The summed E-state index contributed by atoms with van der Waals surface area (Å²) >= 11 is 1.95. The fraction of sp³-hybridized carbons (Fsp3) is 0.316. The highest BCUT2D eigenvalue weighted by molar-refractivity contribution is 7.26. The van der Waals surface area contributed by atoms with Gasteiger partial charge in [-0.3, -0.25) is 0 Å². The van der Waals surface area contributed by atoms with E-state index < -0.39 is 0 Å². The minimum atomic E-state index is -0.115. The lowest BCUT2D eigenvalue weighted by atomic mass is 9.44. The third-order valence-electron chi connectivity index (χ3n) is 23.1. The lowest BCUT2D eigenvalue weighted by Gasteiger charge is -2.57. The maximum atomic E-state index is 7.55. The van der Waals surface area contributed by atoms with Gasteiger partial charge in [-0.05, 0) is 245 Å². The maximum Gasteiger partial charge on any atom is 0.333 e. The Morgan fingerprint density at radius 2 is 1.16 bits per heavy atom. The van der Waals surface area contributed by atoms with Crippen molar-refractivity contribution in [3.05, 3.63) is 174 Å². The molecule has 9 aromatic carbocycles. The molecule has 3 aromatic heterocycles. The highest BCUT2D eigenvalue weighted by atomic mass is 32.1. The Labute approximate surface area is 478 Å². The van der Waals surface area contributed by atoms with Crippen LogP contribution in [0.5, 0.6) is 0 Å². The van der Waals surface area contributed by atoms with Gasteiger partial charge in [-0.25, -0.2) is 0 Å². The molecule has 0 unspecified atom stereocenters. The van der Waals surface area contributed by atoms with Crippen LogP contribution >= 0.6 is 11.3 Å². The molecule has 0 spiro atoms. The summed E-state index contributed by atoms with van der Waals surface area (Å²) in [6, 6.07) is 62.8. The first kappa shape index (κ1) is 45.5. The molecule has 0 atom stereocenters.